The summed E-state index contributed by atoms with van der Waals surface area (Å²) in [7, 11) is 0. The molecule has 27 heavy (non-hydrogen) atoms. The van der Waals surface area contributed by atoms with E-state index in [1.807, 2.05) is 0 Å². The van der Waals surface area contributed by atoms with Crippen molar-refractivity contribution in [1.29, 1.82) is 0 Å². The molecule has 4 nitrogen and oxygen atoms in total. The van der Waals surface area contributed by atoms with Gasteiger partial charge in [0.25, 0.3) is 0 Å². The molecule has 0 aromatic heterocycles. The number of rotatable bonds is 10. The van der Waals surface area contributed by atoms with E-state index in [0.717, 1.165) is 24.9 Å². The van der Waals surface area contributed by atoms with Crippen LogP contribution in [0.4, 0.5) is 0 Å². The Hall–Kier alpha value is -1.46. The zero-order chi connectivity index (χ0) is 18.2. The Morgan fingerprint density at radius 3 is 2.07 bits per heavy atom. The number of allylic oxidation sites excluding steroid dienone is 2. The van der Waals surface area contributed by atoms with Crippen molar-refractivity contribution in [3.8, 4) is 0 Å². The van der Waals surface area contributed by atoms with E-state index < -0.39 is 0 Å². The van der Waals surface area contributed by atoms with E-state index in [2.05, 4.69) is 70.3 Å². The molecular weight excluding hydrogens is 332 g/mol. The summed E-state index contributed by atoms with van der Waals surface area (Å²) in [5.74, 6) is 1.59. The molecule has 4 aliphatic rings. The average Bonchev–Trinajstić information content (AvgIpc) is 3.59. The molecule has 3 fully saturated rings. The molecule has 0 radical (unpaired) electrons. The highest BCUT2D eigenvalue weighted by Gasteiger charge is 2.46. The van der Waals surface area contributed by atoms with Gasteiger partial charge in [-0.15, -0.1) is 0 Å². The molecule has 0 aliphatic heterocycles. The Bertz CT molecular complexity index is 715. The Morgan fingerprint density at radius 1 is 0.815 bits per heavy atom. The van der Waals surface area contributed by atoms with Gasteiger partial charge in [-0.05, 0) is 67.9 Å². The lowest BCUT2D eigenvalue weighted by atomic mass is 9.99. The van der Waals surface area contributed by atoms with Gasteiger partial charge in [-0.1, -0.05) is 48.6 Å². The number of nitrogens with one attached hydrogen (secondary N) is 4. The summed E-state index contributed by atoms with van der Waals surface area (Å²) >= 11 is 0. The molecule has 4 N–H and O–H groups in total. The van der Waals surface area contributed by atoms with Crippen molar-refractivity contribution in [2.75, 3.05) is 13.1 Å². The van der Waals surface area contributed by atoms with Gasteiger partial charge in [0.1, 0.15) is 0 Å². The molecule has 4 aliphatic carbocycles. The predicted molar refractivity (Wildman–Crippen MR) is 110 cm³/mol. The fourth-order valence-corrected chi connectivity index (χ4v) is 4.46. The highest BCUT2D eigenvalue weighted by Crippen LogP contribution is 2.45. The van der Waals surface area contributed by atoms with Gasteiger partial charge in [-0.2, -0.15) is 0 Å². The summed E-state index contributed by atoms with van der Waals surface area (Å²) in [6.45, 7) is 2.15. The van der Waals surface area contributed by atoms with E-state index in [4.69, 9.17) is 0 Å². The lowest BCUT2D eigenvalue weighted by Gasteiger charge is -2.21. The lowest BCUT2D eigenvalue weighted by Crippen LogP contribution is -2.45. The minimum Gasteiger partial charge on any atom is -0.257 e. The third-order valence-electron chi connectivity index (χ3n) is 6.83. The molecule has 3 saturated carbocycles. The van der Waals surface area contributed by atoms with E-state index in [1.54, 1.807) is 0 Å². The van der Waals surface area contributed by atoms with Crippen molar-refractivity contribution in [3.05, 3.63) is 59.7 Å². The summed E-state index contributed by atoms with van der Waals surface area (Å²) in [5.41, 5.74) is 17.7. The monoisotopic (exact) mass is 364 g/mol. The molecule has 0 bridgehead atoms. The second-order valence-electron chi connectivity index (χ2n) is 8.94. The maximum absolute atomic E-state index is 3.64. The van der Waals surface area contributed by atoms with Crippen LogP contribution in [0.2, 0.25) is 0 Å². The molecule has 2 unspecified atom stereocenters. The van der Waals surface area contributed by atoms with Crippen LogP contribution >= 0.6 is 0 Å². The molecular formula is C23H32N4. The second kappa shape index (κ2) is 7.17. The van der Waals surface area contributed by atoms with Gasteiger partial charge in [0.15, 0.2) is 0 Å². The molecule has 2 atom stereocenters. The van der Waals surface area contributed by atoms with E-state index in [0.29, 0.717) is 0 Å². The first kappa shape index (κ1) is 17.6. The van der Waals surface area contributed by atoms with Crippen LogP contribution in [0.5, 0.6) is 0 Å². The van der Waals surface area contributed by atoms with Gasteiger partial charge in [-0.3, -0.25) is 10.9 Å². The Balaban J connectivity index is 1.00. The van der Waals surface area contributed by atoms with Gasteiger partial charge >= 0.3 is 0 Å². The van der Waals surface area contributed by atoms with Gasteiger partial charge in [-0.25, -0.2) is 10.9 Å². The molecule has 4 heteroatoms. The van der Waals surface area contributed by atoms with Crippen molar-refractivity contribution < 1.29 is 0 Å². The summed E-state index contributed by atoms with van der Waals surface area (Å²) in [6, 6.07) is 10.8. The minimum absolute atomic E-state index is 0.186. The largest absolute Gasteiger partial charge is 0.257 e. The average molecular weight is 365 g/mol. The minimum atomic E-state index is 0.186. The fourth-order valence-electron chi connectivity index (χ4n) is 4.46. The van der Waals surface area contributed by atoms with E-state index >= 15 is 0 Å². The highest BCUT2D eigenvalue weighted by molar-refractivity contribution is 5.38. The normalized spacial score (nSPS) is 29.3. The van der Waals surface area contributed by atoms with Crippen LogP contribution in [0.1, 0.15) is 50.5 Å². The van der Waals surface area contributed by atoms with E-state index in [1.165, 1.54) is 56.1 Å². The third kappa shape index (κ3) is 3.90. The topological polar surface area (TPSA) is 48.1 Å². The zero-order valence-corrected chi connectivity index (χ0v) is 16.1. The zero-order valence-electron chi connectivity index (χ0n) is 16.1. The number of benzene rings is 1. The number of hydrogen-bond donors (Lipinski definition) is 4. The Kier molecular flexibility index (Phi) is 4.68. The molecule has 0 amide bonds. The number of hydrogen-bond acceptors (Lipinski definition) is 4. The molecule has 144 valence electrons. The summed E-state index contributed by atoms with van der Waals surface area (Å²) in [4.78, 5) is 0. The van der Waals surface area contributed by atoms with Crippen molar-refractivity contribution in [2.45, 2.75) is 56.0 Å². The van der Waals surface area contributed by atoms with Crippen LogP contribution in [-0.4, -0.2) is 18.6 Å². The lowest BCUT2D eigenvalue weighted by molar-refractivity contribution is 0.397. The first-order chi connectivity index (χ1) is 13.3. The quantitative estimate of drug-likeness (QED) is 0.481. The number of hydrazine groups is 2. The smallest absolute Gasteiger partial charge is 0.0573 e. The summed E-state index contributed by atoms with van der Waals surface area (Å²) in [5, 5.41) is 0. The second-order valence-corrected chi connectivity index (χ2v) is 8.94. The van der Waals surface area contributed by atoms with Gasteiger partial charge < -0.3 is 0 Å². The van der Waals surface area contributed by atoms with Crippen molar-refractivity contribution >= 4 is 0 Å². The van der Waals surface area contributed by atoms with Crippen molar-refractivity contribution in [1.82, 2.24) is 21.7 Å². The van der Waals surface area contributed by atoms with Crippen LogP contribution in [0, 0.1) is 11.8 Å². The Morgan fingerprint density at radius 2 is 1.48 bits per heavy atom. The molecule has 5 rings (SSSR count). The van der Waals surface area contributed by atoms with Gasteiger partial charge in [0, 0.05) is 13.1 Å². The van der Waals surface area contributed by atoms with Crippen LogP contribution in [-0.2, 0) is 5.54 Å². The first-order valence-corrected chi connectivity index (χ1v) is 10.7. The summed E-state index contributed by atoms with van der Waals surface area (Å²) in [6.07, 6.45) is 15.8. The standard InChI is InChI=1S/C23H32N4/c1-3-7-20(8-4-1)22(11-12-22)26-24-16-18-15-19(18)17-25-27-23(13-14-23)21-9-5-2-6-10-21/h1,3-5,7-10,18-19,24-27H,2,6,11-17H2. The van der Waals surface area contributed by atoms with Gasteiger partial charge in [0.2, 0.25) is 0 Å². The van der Waals surface area contributed by atoms with E-state index in [-0.39, 0.29) is 11.1 Å². The van der Waals surface area contributed by atoms with Crippen LogP contribution < -0.4 is 21.7 Å². The van der Waals surface area contributed by atoms with Crippen molar-refractivity contribution in [3.63, 3.8) is 0 Å². The molecule has 1 aromatic carbocycles. The maximum Gasteiger partial charge on any atom is 0.0573 e. The molecule has 0 spiro atoms. The summed E-state index contributed by atoms with van der Waals surface area (Å²) < 4.78 is 0. The van der Waals surface area contributed by atoms with E-state index in [9.17, 15) is 0 Å². The van der Waals surface area contributed by atoms with Gasteiger partial charge in [0.05, 0.1) is 11.1 Å². The first-order valence-electron chi connectivity index (χ1n) is 10.7. The van der Waals surface area contributed by atoms with Crippen LogP contribution in [0.15, 0.2) is 54.1 Å². The molecule has 1 aromatic rings. The molecule has 0 saturated heterocycles. The maximum atomic E-state index is 3.64. The van der Waals surface area contributed by atoms with Crippen LogP contribution in [0.25, 0.3) is 0 Å². The highest BCUT2D eigenvalue weighted by atomic mass is 15.4. The SMILES string of the molecule is C1=CC(C2(NNCC3CC3CNNC3(c4ccccc4)CC3)CC2)=CCC1. The predicted octanol–water partition coefficient (Wildman–Crippen LogP) is 3.31. The molecule has 0 heterocycles. The van der Waals surface area contributed by atoms with Crippen LogP contribution in [0.3, 0.4) is 0 Å². The van der Waals surface area contributed by atoms with Crippen molar-refractivity contribution in [2.24, 2.45) is 11.8 Å². The third-order valence-corrected chi connectivity index (χ3v) is 6.83. The Labute approximate surface area is 162 Å². The fraction of sp³-hybridized carbons (Fsp3) is 0.565.